The molecule has 0 aliphatic heterocycles. The lowest BCUT2D eigenvalue weighted by molar-refractivity contribution is -0.133. The number of rotatable bonds is 5. The smallest absolute Gasteiger partial charge is 0.314 e. The molecule has 0 fully saturated rings. The zero-order chi connectivity index (χ0) is 19.9. The standard InChI is InChI=1S/C21H18N4O3/c22-19(26)17-8-4-5-9-18(17)25-21(28)20(27)24-16-12-10-15(11-13-16)23-14-6-2-1-3-7-14/h1-13,23H,(H2,22,26)(H,24,27)(H,25,28). The van der Waals surface area contributed by atoms with Crippen molar-refractivity contribution in [1.29, 1.82) is 0 Å². The molecule has 0 radical (unpaired) electrons. The Morgan fingerprint density at radius 2 is 1.14 bits per heavy atom. The molecule has 140 valence electrons. The Kier molecular flexibility index (Phi) is 5.66. The van der Waals surface area contributed by atoms with Gasteiger partial charge >= 0.3 is 11.8 Å². The third-order valence-corrected chi connectivity index (χ3v) is 3.85. The molecule has 0 unspecified atom stereocenters. The van der Waals surface area contributed by atoms with E-state index in [0.717, 1.165) is 11.4 Å². The van der Waals surface area contributed by atoms with Crippen molar-refractivity contribution in [3.05, 3.63) is 84.4 Å². The quantitative estimate of drug-likeness (QED) is 0.514. The molecule has 3 rings (SSSR count). The molecule has 0 aliphatic carbocycles. The van der Waals surface area contributed by atoms with Gasteiger partial charge in [0.05, 0.1) is 11.3 Å². The van der Waals surface area contributed by atoms with Gasteiger partial charge in [-0.1, -0.05) is 30.3 Å². The predicted octanol–water partition coefficient (Wildman–Crippen LogP) is 3.11. The maximum absolute atomic E-state index is 12.1. The van der Waals surface area contributed by atoms with Gasteiger partial charge in [0.15, 0.2) is 0 Å². The summed E-state index contributed by atoms with van der Waals surface area (Å²) in [6.07, 6.45) is 0. The third-order valence-electron chi connectivity index (χ3n) is 3.85. The first-order valence-electron chi connectivity index (χ1n) is 8.46. The third kappa shape index (κ3) is 4.73. The molecule has 3 aromatic carbocycles. The number of carbonyl (C=O) groups is 3. The summed E-state index contributed by atoms with van der Waals surface area (Å²) in [7, 11) is 0. The lowest BCUT2D eigenvalue weighted by Crippen LogP contribution is -2.30. The summed E-state index contributed by atoms with van der Waals surface area (Å²) in [4.78, 5) is 35.6. The molecule has 0 saturated heterocycles. The van der Waals surface area contributed by atoms with Crippen LogP contribution < -0.4 is 21.7 Å². The highest BCUT2D eigenvalue weighted by Gasteiger charge is 2.17. The highest BCUT2D eigenvalue weighted by molar-refractivity contribution is 6.44. The van der Waals surface area contributed by atoms with Crippen molar-refractivity contribution in [2.75, 3.05) is 16.0 Å². The molecule has 5 N–H and O–H groups in total. The zero-order valence-electron chi connectivity index (χ0n) is 14.8. The summed E-state index contributed by atoms with van der Waals surface area (Å²) in [5, 5.41) is 8.12. The van der Waals surface area contributed by atoms with Crippen LogP contribution in [0.25, 0.3) is 0 Å². The molecule has 0 spiro atoms. The van der Waals surface area contributed by atoms with Crippen LogP contribution in [0.3, 0.4) is 0 Å². The van der Waals surface area contributed by atoms with E-state index in [0.29, 0.717) is 5.69 Å². The molecular formula is C21H18N4O3. The molecule has 3 aromatic rings. The average Bonchev–Trinajstić information content (AvgIpc) is 2.70. The van der Waals surface area contributed by atoms with Crippen LogP contribution >= 0.6 is 0 Å². The zero-order valence-corrected chi connectivity index (χ0v) is 14.8. The maximum Gasteiger partial charge on any atom is 0.314 e. The first-order valence-corrected chi connectivity index (χ1v) is 8.46. The Morgan fingerprint density at radius 3 is 1.82 bits per heavy atom. The van der Waals surface area contributed by atoms with E-state index in [4.69, 9.17) is 5.73 Å². The fourth-order valence-corrected chi connectivity index (χ4v) is 2.50. The number of para-hydroxylation sites is 2. The van der Waals surface area contributed by atoms with E-state index < -0.39 is 17.7 Å². The SMILES string of the molecule is NC(=O)c1ccccc1NC(=O)C(=O)Nc1ccc(Nc2ccccc2)cc1. The summed E-state index contributed by atoms with van der Waals surface area (Å²) >= 11 is 0. The van der Waals surface area contributed by atoms with E-state index in [-0.39, 0.29) is 11.3 Å². The van der Waals surface area contributed by atoms with Crippen molar-refractivity contribution in [3.8, 4) is 0 Å². The summed E-state index contributed by atoms with van der Waals surface area (Å²) < 4.78 is 0. The Hall–Kier alpha value is -4.13. The van der Waals surface area contributed by atoms with Crippen molar-refractivity contribution < 1.29 is 14.4 Å². The fraction of sp³-hybridized carbons (Fsp3) is 0. The van der Waals surface area contributed by atoms with Gasteiger partial charge in [-0.25, -0.2) is 0 Å². The minimum atomic E-state index is -0.903. The Balaban J connectivity index is 1.61. The van der Waals surface area contributed by atoms with Crippen LogP contribution in [-0.2, 0) is 9.59 Å². The van der Waals surface area contributed by atoms with Gasteiger partial charge in [-0.3, -0.25) is 14.4 Å². The first-order chi connectivity index (χ1) is 13.5. The van der Waals surface area contributed by atoms with Gasteiger partial charge in [-0.15, -0.1) is 0 Å². The number of anilines is 4. The highest BCUT2D eigenvalue weighted by atomic mass is 16.2. The lowest BCUT2D eigenvalue weighted by atomic mass is 10.1. The van der Waals surface area contributed by atoms with Crippen LogP contribution in [0.15, 0.2) is 78.9 Å². The summed E-state index contributed by atoms with van der Waals surface area (Å²) in [5.41, 5.74) is 7.80. The van der Waals surface area contributed by atoms with Crippen LogP contribution in [0.5, 0.6) is 0 Å². The normalized spacial score (nSPS) is 10.0. The molecule has 0 atom stereocenters. The first kappa shape index (κ1) is 18.7. The molecule has 0 aliphatic rings. The van der Waals surface area contributed by atoms with Gasteiger partial charge in [0.25, 0.3) is 5.91 Å². The molecule has 0 saturated carbocycles. The molecule has 0 aromatic heterocycles. The number of hydrogen-bond acceptors (Lipinski definition) is 4. The molecule has 3 amide bonds. The Labute approximate surface area is 161 Å². The van der Waals surface area contributed by atoms with Gasteiger partial charge < -0.3 is 21.7 Å². The second kappa shape index (κ2) is 8.50. The summed E-state index contributed by atoms with van der Waals surface area (Å²) in [6, 6.07) is 22.7. The number of benzene rings is 3. The van der Waals surface area contributed by atoms with E-state index in [9.17, 15) is 14.4 Å². The van der Waals surface area contributed by atoms with Crippen LogP contribution in [0, 0.1) is 0 Å². The number of nitrogens with one attached hydrogen (secondary N) is 3. The Morgan fingerprint density at radius 1 is 0.607 bits per heavy atom. The Bertz CT molecular complexity index is 1000. The van der Waals surface area contributed by atoms with Crippen LogP contribution in [0.4, 0.5) is 22.7 Å². The van der Waals surface area contributed by atoms with Crippen molar-refractivity contribution >= 4 is 40.5 Å². The van der Waals surface area contributed by atoms with Gasteiger partial charge in [0, 0.05) is 17.1 Å². The minimum Gasteiger partial charge on any atom is -0.366 e. The van der Waals surface area contributed by atoms with Gasteiger partial charge in [0.2, 0.25) is 0 Å². The molecule has 0 heterocycles. The van der Waals surface area contributed by atoms with E-state index in [2.05, 4.69) is 16.0 Å². The van der Waals surface area contributed by atoms with Crippen molar-refractivity contribution in [2.45, 2.75) is 0 Å². The van der Waals surface area contributed by atoms with Gasteiger partial charge in [-0.2, -0.15) is 0 Å². The largest absolute Gasteiger partial charge is 0.366 e. The van der Waals surface area contributed by atoms with Crippen LogP contribution in [-0.4, -0.2) is 17.7 Å². The maximum atomic E-state index is 12.1. The second-order valence-corrected chi connectivity index (χ2v) is 5.89. The van der Waals surface area contributed by atoms with Gasteiger partial charge in [-0.05, 0) is 48.5 Å². The lowest BCUT2D eigenvalue weighted by Gasteiger charge is -2.10. The van der Waals surface area contributed by atoms with E-state index in [1.165, 1.54) is 12.1 Å². The van der Waals surface area contributed by atoms with Crippen molar-refractivity contribution in [3.63, 3.8) is 0 Å². The minimum absolute atomic E-state index is 0.125. The second-order valence-electron chi connectivity index (χ2n) is 5.89. The number of amides is 3. The highest BCUT2D eigenvalue weighted by Crippen LogP contribution is 2.19. The monoisotopic (exact) mass is 374 g/mol. The topological polar surface area (TPSA) is 113 Å². The molecule has 0 bridgehead atoms. The number of nitrogens with two attached hydrogens (primary N) is 1. The number of carbonyl (C=O) groups excluding carboxylic acids is 3. The molecular weight excluding hydrogens is 356 g/mol. The van der Waals surface area contributed by atoms with E-state index in [1.807, 2.05) is 30.3 Å². The number of hydrogen-bond donors (Lipinski definition) is 4. The van der Waals surface area contributed by atoms with E-state index >= 15 is 0 Å². The molecule has 7 nitrogen and oxygen atoms in total. The summed E-state index contributed by atoms with van der Waals surface area (Å²) in [6.45, 7) is 0. The number of primary amides is 1. The van der Waals surface area contributed by atoms with Crippen LogP contribution in [0.2, 0.25) is 0 Å². The van der Waals surface area contributed by atoms with Crippen molar-refractivity contribution in [1.82, 2.24) is 0 Å². The van der Waals surface area contributed by atoms with Crippen LogP contribution in [0.1, 0.15) is 10.4 Å². The van der Waals surface area contributed by atoms with Crippen molar-refractivity contribution in [2.24, 2.45) is 5.73 Å². The molecule has 28 heavy (non-hydrogen) atoms. The van der Waals surface area contributed by atoms with E-state index in [1.54, 1.807) is 36.4 Å². The predicted molar refractivity (Wildman–Crippen MR) is 108 cm³/mol. The summed E-state index contributed by atoms with van der Waals surface area (Å²) in [5.74, 6) is -2.46. The van der Waals surface area contributed by atoms with Gasteiger partial charge in [0.1, 0.15) is 0 Å². The fourth-order valence-electron chi connectivity index (χ4n) is 2.50. The molecule has 7 heteroatoms. The average molecular weight is 374 g/mol.